The van der Waals surface area contributed by atoms with Gasteiger partial charge in [-0.15, -0.1) is 11.3 Å². The molecule has 0 unspecified atom stereocenters. The Morgan fingerprint density at radius 2 is 1.94 bits per heavy atom. The van der Waals surface area contributed by atoms with Gasteiger partial charge in [0.2, 0.25) is 5.78 Å². The third-order valence-electron chi connectivity index (χ3n) is 3.07. The first-order chi connectivity index (χ1) is 8.77. The average Bonchev–Trinajstić information content (AvgIpc) is 2.96. The second-order valence-electron chi connectivity index (χ2n) is 4.06. The van der Waals surface area contributed by atoms with Crippen LogP contribution in [0, 0.1) is 0 Å². The van der Waals surface area contributed by atoms with Crippen molar-refractivity contribution in [2.45, 2.75) is 0 Å². The zero-order valence-corrected chi connectivity index (χ0v) is 9.90. The monoisotopic (exact) mass is 254 g/mol. The van der Waals surface area contributed by atoms with Crippen LogP contribution in [-0.4, -0.2) is 15.3 Å². The van der Waals surface area contributed by atoms with E-state index in [4.69, 9.17) is 0 Å². The van der Waals surface area contributed by atoms with Crippen LogP contribution in [0.25, 0.3) is 15.9 Å². The predicted octanol–water partition coefficient (Wildman–Crippen LogP) is 1.99. The number of ketones is 1. The molecule has 0 atom stereocenters. The van der Waals surface area contributed by atoms with Gasteiger partial charge in [-0.3, -0.25) is 14.2 Å². The van der Waals surface area contributed by atoms with Crippen LogP contribution in [0.15, 0.2) is 40.5 Å². The maximum absolute atomic E-state index is 12.4. The molecular weight excluding hydrogens is 248 g/mol. The molecule has 3 aromatic rings. The van der Waals surface area contributed by atoms with E-state index >= 15 is 0 Å². The van der Waals surface area contributed by atoms with Crippen LogP contribution in [0.2, 0.25) is 0 Å². The Kier molecular flexibility index (Phi) is 1.70. The minimum atomic E-state index is -0.184. The average molecular weight is 254 g/mol. The summed E-state index contributed by atoms with van der Waals surface area (Å²) in [6.07, 6.45) is 0. The Bertz CT molecular complexity index is 876. The Labute approximate surface area is 105 Å². The van der Waals surface area contributed by atoms with Crippen molar-refractivity contribution in [3.05, 3.63) is 57.5 Å². The highest BCUT2D eigenvalue weighted by Gasteiger charge is 2.29. The normalized spacial score (nSPS) is 12.8. The molecule has 18 heavy (non-hydrogen) atoms. The molecule has 5 heteroatoms. The molecule has 2 aromatic heterocycles. The summed E-state index contributed by atoms with van der Waals surface area (Å²) in [5.74, 6) is 0.0305. The van der Waals surface area contributed by atoms with Crippen LogP contribution in [-0.2, 0) is 0 Å². The van der Waals surface area contributed by atoms with Gasteiger partial charge in [-0.05, 0) is 23.6 Å². The zero-order chi connectivity index (χ0) is 12.3. The number of fused-ring (bicyclic) bond motifs is 4. The number of aromatic nitrogens is 2. The van der Waals surface area contributed by atoms with Gasteiger partial charge in [0.05, 0.1) is 16.8 Å². The topological polar surface area (TPSA) is 52.0 Å². The summed E-state index contributed by atoms with van der Waals surface area (Å²) in [5.41, 5.74) is 1.60. The minimum Gasteiger partial charge on any atom is -0.285 e. The molecule has 0 radical (unpaired) electrons. The third-order valence-corrected chi connectivity index (χ3v) is 3.96. The first kappa shape index (κ1) is 9.73. The molecular formula is C13H6N2O2S. The summed E-state index contributed by atoms with van der Waals surface area (Å²) in [6.45, 7) is 0. The number of hydrogen-bond donors (Lipinski definition) is 0. The molecule has 4 rings (SSSR count). The molecule has 0 fully saturated rings. The highest BCUT2D eigenvalue weighted by Crippen LogP contribution is 2.26. The second kappa shape index (κ2) is 3.14. The Morgan fingerprint density at radius 3 is 2.83 bits per heavy atom. The lowest BCUT2D eigenvalue weighted by Gasteiger charge is -2.02. The highest BCUT2D eigenvalue weighted by molar-refractivity contribution is 7.17. The van der Waals surface area contributed by atoms with Crippen LogP contribution >= 0.6 is 11.3 Å². The second-order valence-corrected chi connectivity index (χ2v) is 4.97. The van der Waals surface area contributed by atoms with E-state index in [0.29, 0.717) is 21.5 Å². The number of nitrogens with zero attached hydrogens (tertiary/aromatic N) is 2. The number of para-hydroxylation sites is 1. The fourth-order valence-electron chi connectivity index (χ4n) is 2.27. The Hall–Kier alpha value is -2.27. The van der Waals surface area contributed by atoms with Crippen molar-refractivity contribution >= 4 is 27.3 Å². The molecule has 1 aromatic carbocycles. The SMILES string of the molecule is O=C1c2ccccc2-n2c1nc1ccsc1c2=O. The van der Waals surface area contributed by atoms with Crippen molar-refractivity contribution in [1.29, 1.82) is 0 Å². The van der Waals surface area contributed by atoms with E-state index in [2.05, 4.69) is 4.98 Å². The quantitative estimate of drug-likeness (QED) is 0.482. The molecule has 0 spiro atoms. The molecule has 0 saturated heterocycles. The first-order valence-electron chi connectivity index (χ1n) is 5.42. The van der Waals surface area contributed by atoms with Crippen molar-refractivity contribution in [1.82, 2.24) is 9.55 Å². The van der Waals surface area contributed by atoms with Gasteiger partial charge in [-0.1, -0.05) is 12.1 Å². The Balaban J connectivity index is 2.25. The summed E-state index contributed by atoms with van der Waals surface area (Å²) in [5, 5.41) is 1.81. The van der Waals surface area contributed by atoms with Gasteiger partial charge >= 0.3 is 0 Å². The summed E-state index contributed by atoms with van der Waals surface area (Å²) >= 11 is 1.35. The van der Waals surface area contributed by atoms with Gasteiger partial charge in [0.1, 0.15) is 4.70 Å². The first-order valence-corrected chi connectivity index (χ1v) is 6.30. The molecule has 86 valence electrons. The lowest BCUT2D eigenvalue weighted by molar-refractivity contribution is 0.103. The maximum atomic E-state index is 12.4. The van der Waals surface area contributed by atoms with Crippen molar-refractivity contribution in [3.63, 3.8) is 0 Å². The largest absolute Gasteiger partial charge is 0.285 e. The van der Waals surface area contributed by atoms with Gasteiger partial charge in [0.15, 0.2) is 5.82 Å². The summed E-state index contributed by atoms with van der Waals surface area (Å²) in [4.78, 5) is 28.9. The van der Waals surface area contributed by atoms with Crippen LogP contribution < -0.4 is 5.56 Å². The molecule has 4 nitrogen and oxygen atoms in total. The third kappa shape index (κ3) is 1.02. The number of benzene rings is 1. The molecule has 1 aliphatic heterocycles. The number of carbonyl (C=O) groups excluding carboxylic acids is 1. The summed E-state index contributed by atoms with van der Waals surface area (Å²) in [7, 11) is 0. The lowest BCUT2D eigenvalue weighted by Crippen LogP contribution is -2.20. The van der Waals surface area contributed by atoms with Crippen molar-refractivity contribution in [3.8, 4) is 5.69 Å². The molecule has 0 aliphatic carbocycles. The fourth-order valence-corrected chi connectivity index (χ4v) is 3.03. The Morgan fingerprint density at radius 1 is 1.11 bits per heavy atom. The highest BCUT2D eigenvalue weighted by atomic mass is 32.1. The van der Waals surface area contributed by atoms with E-state index in [-0.39, 0.29) is 17.2 Å². The van der Waals surface area contributed by atoms with Gasteiger partial charge in [-0.25, -0.2) is 4.98 Å². The number of carbonyl (C=O) groups is 1. The van der Waals surface area contributed by atoms with E-state index in [0.717, 1.165) is 0 Å². The van der Waals surface area contributed by atoms with E-state index in [9.17, 15) is 9.59 Å². The van der Waals surface area contributed by atoms with Crippen LogP contribution in [0.4, 0.5) is 0 Å². The predicted molar refractivity (Wildman–Crippen MR) is 68.6 cm³/mol. The standard InChI is InChI=1S/C13H6N2O2S/c16-10-7-3-1-2-4-9(7)15-12(10)14-8-5-6-18-11(8)13(15)17/h1-6H. The van der Waals surface area contributed by atoms with Crippen LogP contribution in [0.1, 0.15) is 16.2 Å². The molecule has 0 N–H and O–H groups in total. The maximum Gasteiger partial charge on any atom is 0.276 e. The van der Waals surface area contributed by atoms with Crippen molar-refractivity contribution < 1.29 is 4.79 Å². The van der Waals surface area contributed by atoms with Gasteiger partial charge in [0.25, 0.3) is 5.56 Å². The molecule has 0 amide bonds. The molecule has 3 heterocycles. The zero-order valence-electron chi connectivity index (χ0n) is 9.08. The van der Waals surface area contributed by atoms with E-state index < -0.39 is 0 Å². The van der Waals surface area contributed by atoms with Crippen molar-refractivity contribution in [2.24, 2.45) is 0 Å². The van der Waals surface area contributed by atoms with Gasteiger partial charge in [-0.2, -0.15) is 0 Å². The number of thiophene rings is 1. The van der Waals surface area contributed by atoms with E-state index in [1.54, 1.807) is 24.3 Å². The molecule has 0 saturated carbocycles. The lowest BCUT2D eigenvalue weighted by atomic mass is 10.1. The van der Waals surface area contributed by atoms with Crippen molar-refractivity contribution in [2.75, 3.05) is 0 Å². The van der Waals surface area contributed by atoms with E-state index in [1.807, 2.05) is 11.4 Å². The number of rotatable bonds is 0. The minimum absolute atomic E-state index is 0.164. The fraction of sp³-hybridized carbons (Fsp3) is 0. The van der Waals surface area contributed by atoms with Crippen LogP contribution in [0.3, 0.4) is 0 Å². The summed E-state index contributed by atoms with van der Waals surface area (Å²) < 4.78 is 2.00. The van der Waals surface area contributed by atoms with Crippen LogP contribution in [0.5, 0.6) is 0 Å². The smallest absolute Gasteiger partial charge is 0.276 e. The van der Waals surface area contributed by atoms with Gasteiger partial charge < -0.3 is 0 Å². The molecule has 0 bridgehead atoms. The van der Waals surface area contributed by atoms with E-state index in [1.165, 1.54) is 15.9 Å². The summed E-state index contributed by atoms with van der Waals surface area (Å²) in [6, 6.07) is 8.85. The van der Waals surface area contributed by atoms with Gasteiger partial charge in [0, 0.05) is 0 Å². The molecule has 1 aliphatic rings. The number of hydrogen-bond acceptors (Lipinski definition) is 4.